The van der Waals surface area contributed by atoms with E-state index in [9.17, 15) is 22.8 Å². The minimum atomic E-state index is -1.50. The Kier molecular flexibility index (Phi) is 5.28. The van der Waals surface area contributed by atoms with Gasteiger partial charge in [0.05, 0.1) is 11.6 Å². The van der Waals surface area contributed by atoms with Crippen molar-refractivity contribution in [3.05, 3.63) is 69.5 Å². The second kappa shape index (κ2) is 8.12. The van der Waals surface area contributed by atoms with E-state index >= 15 is 0 Å². The molecule has 1 aromatic heterocycles. The molecule has 1 N–H and O–H groups in total. The molecule has 1 atom stereocenters. The summed E-state index contributed by atoms with van der Waals surface area (Å²) in [6.45, 7) is 2.06. The van der Waals surface area contributed by atoms with Crippen molar-refractivity contribution in [3.63, 3.8) is 0 Å². The Balaban J connectivity index is 1.21. The lowest BCUT2D eigenvalue weighted by Crippen LogP contribution is -2.45. The van der Waals surface area contributed by atoms with Crippen LogP contribution in [0.15, 0.2) is 39.5 Å². The number of rotatable bonds is 4. The number of oxazole rings is 1. The van der Waals surface area contributed by atoms with Gasteiger partial charge in [0.25, 0.3) is 0 Å². The fourth-order valence-electron chi connectivity index (χ4n) is 4.90. The van der Waals surface area contributed by atoms with Gasteiger partial charge < -0.3 is 9.32 Å². The minimum Gasteiger partial charge on any atom is -0.408 e. The van der Waals surface area contributed by atoms with Crippen LogP contribution < -0.4 is 5.76 Å². The van der Waals surface area contributed by atoms with Crippen LogP contribution in [0.25, 0.3) is 11.1 Å². The molecule has 0 saturated carbocycles. The fraction of sp³-hybridized carbons (Fsp3) is 0.391. The summed E-state index contributed by atoms with van der Waals surface area (Å²) in [7, 11) is 0. The first kappa shape index (κ1) is 20.8. The fourth-order valence-corrected chi connectivity index (χ4v) is 4.90. The quantitative estimate of drug-likeness (QED) is 0.624. The first-order valence-corrected chi connectivity index (χ1v) is 10.7. The standard InChI is InChI=1S/C23H22F3N3O3/c24-16-9-13(10-17(25)21(16)26)12-29-8-5-19(22(29)30)28-6-3-14(4-7-28)15-1-2-18-20(11-15)32-23(31)27-18/h1-2,9-11,14,19H,3-8,12H2,(H,27,31)/t19-/m1/s1. The second-order valence-corrected chi connectivity index (χ2v) is 8.52. The van der Waals surface area contributed by atoms with Gasteiger partial charge in [0.1, 0.15) is 0 Å². The van der Waals surface area contributed by atoms with Crippen LogP contribution in [0.2, 0.25) is 0 Å². The Morgan fingerprint density at radius 2 is 1.69 bits per heavy atom. The molecule has 0 bridgehead atoms. The zero-order valence-corrected chi connectivity index (χ0v) is 17.2. The average molecular weight is 445 g/mol. The zero-order chi connectivity index (χ0) is 22.4. The maximum absolute atomic E-state index is 13.5. The maximum atomic E-state index is 13.5. The average Bonchev–Trinajstić information content (AvgIpc) is 3.33. The number of carbonyl (C=O) groups is 1. The molecule has 1 amide bonds. The van der Waals surface area contributed by atoms with Crippen molar-refractivity contribution in [2.45, 2.75) is 37.8 Å². The first-order valence-electron chi connectivity index (χ1n) is 10.7. The van der Waals surface area contributed by atoms with Gasteiger partial charge in [-0.15, -0.1) is 0 Å². The van der Waals surface area contributed by atoms with E-state index in [1.165, 1.54) is 0 Å². The van der Waals surface area contributed by atoms with E-state index in [-0.39, 0.29) is 24.1 Å². The molecule has 2 fully saturated rings. The number of aromatic amines is 1. The van der Waals surface area contributed by atoms with Gasteiger partial charge in [0.15, 0.2) is 23.0 Å². The number of hydrogen-bond acceptors (Lipinski definition) is 4. The van der Waals surface area contributed by atoms with Crippen LogP contribution in [-0.4, -0.2) is 46.4 Å². The van der Waals surface area contributed by atoms with Crippen LogP contribution in [0.4, 0.5) is 13.2 Å². The third-order valence-electron chi connectivity index (χ3n) is 6.57. The number of amides is 1. The number of nitrogens with zero attached hydrogens (tertiary/aromatic N) is 2. The highest BCUT2D eigenvalue weighted by Crippen LogP contribution is 2.32. The second-order valence-electron chi connectivity index (χ2n) is 8.52. The van der Waals surface area contributed by atoms with E-state index in [0.717, 1.165) is 43.6 Å². The first-order chi connectivity index (χ1) is 15.4. The molecule has 0 aliphatic carbocycles. The number of likely N-dealkylation sites (tertiary alicyclic amines) is 2. The van der Waals surface area contributed by atoms with E-state index in [0.29, 0.717) is 30.0 Å². The number of halogens is 3. The lowest BCUT2D eigenvalue weighted by Gasteiger charge is -2.35. The van der Waals surface area contributed by atoms with Crippen molar-refractivity contribution in [1.82, 2.24) is 14.8 Å². The lowest BCUT2D eigenvalue weighted by molar-refractivity contribution is -0.133. The number of nitrogens with one attached hydrogen (secondary N) is 1. The van der Waals surface area contributed by atoms with Crippen molar-refractivity contribution in [2.75, 3.05) is 19.6 Å². The summed E-state index contributed by atoms with van der Waals surface area (Å²) in [6.07, 6.45) is 2.40. The van der Waals surface area contributed by atoms with Gasteiger partial charge in [-0.1, -0.05) is 6.07 Å². The maximum Gasteiger partial charge on any atom is 0.417 e. The molecule has 9 heteroatoms. The number of piperidine rings is 1. The summed E-state index contributed by atoms with van der Waals surface area (Å²) in [5, 5.41) is 0. The van der Waals surface area contributed by atoms with E-state index < -0.39 is 23.2 Å². The Morgan fingerprint density at radius 1 is 0.969 bits per heavy atom. The highest BCUT2D eigenvalue weighted by molar-refractivity contribution is 5.84. The molecule has 2 saturated heterocycles. The molecule has 3 heterocycles. The Labute approximate surface area is 181 Å². The predicted molar refractivity (Wildman–Crippen MR) is 111 cm³/mol. The molecule has 6 nitrogen and oxygen atoms in total. The molecule has 2 aromatic carbocycles. The van der Waals surface area contributed by atoms with Crippen LogP contribution in [0, 0.1) is 17.5 Å². The van der Waals surface area contributed by atoms with Gasteiger partial charge in [0, 0.05) is 13.1 Å². The molecule has 32 heavy (non-hydrogen) atoms. The molecular weight excluding hydrogens is 423 g/mol. The topological polar surface area (TPSA) is 69.5 Å². The molecule has 0 radical (unpaired) electrons. The number of hydrogen-bond donors (Lipinski definition) is 1. The van der Waals surface area contributed by atoms with Gasteiger partial charge in [-0.05, 0) is 73.7 Å². The molecule has 0 spiro atoms. The highest BCUT2D eigenvalue weighted by atomic mass is 19.2. The summed E-state index contributed by atoms with van der Waals surface area (Å²) in [6, 6.07) is 7.37. The zero-order valence-electron chi connectivity index (χ0n) is 17.2. The van der Waals surface area contributed by atoms with E-state index in [4.69, 9.17) is 4.42 Å². The molecule has 2 aliphatic rings. The van der Waals surface area contributed by atoms with Crippen molar-refractivity contribution in [2.24, 2.45) is 0 Å². The molecule has 0 unspecified atom stereocenters. The SMILES string of the molecule is O=C1[C@H](N2CCC(c3ccc4[nH]c(=O)oc4c3)CC2)CCN1Cc1cc(F)c(F)c(F)c1. The Bertz CT molecular complexity index is 1210. The highest BCUT2D eigenvalue weighted by Gasteiger charge is 2.37. The normalized spacial score (nSPS) is 20.5. The lowest BCUT2D eigenvalue weighted by atomic mass is 9.88. The number of H-pyrrole nitrogens is 1. The number of benzene rings is 2. The molecular formula is C23H22F3N3O3. The van der Waals surface area contributed by atoms with Crippen molar-refractivity contribution >= 4 is 17.0 Å². The van der Waals surface area contributed by atoms with Crippen molar-refractivity contribution in [1.29, 1.82) is 0 Å². The third kappa shape index (κ3) is 3.81. The monoisotopic (exact) mass is 445 g/mol. The summed E-state index contributed by atoms with van der Waals surface area (Å²) >= 11 is 0. The summed E-state index contributed by atoms with van der Waals surface area (Å²) in [5.41, 5.74) is 2.57. The van der Waals surface area contributed by atoms with Crippen LogP contribution in [0.3, 0.4) is 0 Å². The molecule has 3 aromatic rings. The van der Waals surface area contributed by atoms with E-state index in [2.05, 4.69) is 9.88 Å². The van der Waals surface area contributed by atoms with Crippen molar-refractivity contribution in [3.8, 4) is 0 Å². The van der Waals surface area contributed by atoms with E-state index in [1.807, 2.05) is 18.2 Å². The predicted octanol–water partition coefficient (Wildman–Crippen LogP) is 3.52. The van der Waals surface area contributed by atoms with Crippen LogP contribution >= 0.6 is 0 Å². The summed E-state index contributed by atoms with van der Waals surface area (Å²) in [4.78, 5) is 30.7. The van der Waals surface area contributed by atoms with Crippen LogP contribution in [0.1, 0.15) is 36.3 Å². The number of aromatic nitrogens is 1. The molecule has 168 valence electrons. The van der Waals surface area contributed by atoms with Gasteiger partial charge in [-0.25, -0.2) is 18.0 Å². The van der Waals surface area contributed by atoms with Gasteiger partial charge in [-0.2, -0.15) is 0 Å². The third-order valence-corrected chi connectivity index (χ3v) is 6.57. The molecule has 5 rings (SSSR count). The van der Waals surface area contributed by atoms with Crippen LogP contribution in [0.5, 0.6) is 0 Å². The van der Waals surface area contributed by atoms with Gasteiger partial charge in [0.2, 0.25) is 5.91 Å². The number of carbonyl (C=O) groups excluding carboxylic acids is 1. The Morgan fingerprint density at radius 3 is 2.41 bits per heavy atom. The minimum absolute atomic E-state index is 0.0573. The largest absolute Gasteiger partial charge is 0.417 e. The number of fused-ring (bicyclic) bond motifs is 1. The van der Waals surface area contributed by atoms with Gasteiger partial charge >= 0.3 is 5.76 Å². The summed E-state index contributed by atoms with van der Waals surface area (Å²) in [5.74, 6) is -4.22. The Hall–Kier alpha value is -3.07. The van der Waals surface area contributed by atoms with E-state index in [1.54, 1.807) is 4.90 Å². The van der Waals surface area contributed by atoms with Crippen LogP contribution in [-0.2, 0) is 11.3 Å². The van der Waals surface area contributed by atoms with Crippen molar-refractivity contribution < 1.29 is 22.4 Å². The smallest absolute Gasteiger partial charge is 0.408 e. The molecule has 2 aliphatic heterocycles. The summed E-state index contributed by atoms with van der Waals surface area (Å²) < 4.78 is 45.3. The van der Waals surface area contributed by atoms with Gasteiger partial charge in [-0.3, -0.25) is 14.7 Å².